The van der Waals surface area contributed by atoms with E-state index in [-0.39, 0.29) is 24.5 Å². The predicted molar refractivity (Wildman–Crippen MR) is 66.1 cm³/mol. The highest BCUT2D eigenvalue weighted by Gasteiger charge is 2.20. The number of hydrogen-bond acceptors (Lipinski definition) is 3. The number of nitrogens with zero attached hydrogens (tertiary/aromatic N) is 3. The molecule has 0 saturated carbocycles. The molecule has 0 fully saturated rings. The van der Waals surface area contributed by atoms with Gasteiger partial charge in [-0.2, -0.15) is 0 Å². The molecule has 0 spiro atoms. The molecular weight excluding hydrogens is 306 g/mol. The molecule has 0 aliphatic carbocycles. The summed E-state index contributed by atoms with van der Waals surface area (Å²) in [6.07, 6.45) is -2.63. The van der Waals surface area contributed by atoms with Crippen LogP contribution in [-0.2, 0) is 13.1 Å². The van der Waals surface area contributed by atoms with Gasteiger partial charge in [0.2, 0.25) is 0 Å². The van der Waals surface area contributed by atoms with Crippen LogP contribution in [0.15, 0.2) is 28.7 Å². The fraction of sp³-hybridized carbons (Fsp3) is 0.273. The van der Waals surface area contributed by atoms with Crippen molar-refractivity contribution in [2.75, 3.05) is 0 Å². The van der Waals surface area contributed by atoms with Gasteiger partial charge < -0.3 is 5.73 Å². The van der Waals surface area contributed by atoms with E-state index in [9.17, 15) is 8.78 Å². The van der Waals surface area contributed by atoms with E-state index in [0.717, 1.165) is 10.0 Å². The Balaban J connectivity index is 2.28. The monoisotopic (exact) mass is 316 g/mol. The zero-order chi connectivity index (χ0) is 13.1. The van der Waals surface area contributed by atoms with Gasteiger partial charge in [0.25, 0.3) is 6.43 Å². The van der Waals surface area contributed by atoms with Crippen LogP contribution in [0.2, 0.25) is 0 Å². The molecule has 0 unspecified atom stereocenters. The van der Waals surface area contributed by atoms with Crippen molar-refractivity contribution in [2.24, 2.45) is 5.73 Å². The number of alkyl halides is 2. The molecule has 18 heavy (non-hydrogen) atoms. The maximum atomic E-state index is 12.9. The minimum absolute atomic E-state index is 0.0417. The van der Waals surface area contributed by atoms with Crippen molar-refractivity contribution < 1.29 is 8.78 Å². The van der Waals surface area contributed by atoms with E-state index in [1.165, 1.54) is 4.68 Å². The van der Waals surface area contributed by atoms with Crippen molar-refractivity contribution in [3.8, 4) is 0 Å². The first-order valence-corrected chi connectivity index (χ1v) is 6.06. The molecule has 0 aliphatic rings. The van der Waals surface area contributed by atoms with E-state index < -0.39 is 6.43 Å². The van der Waals surface area contributed by atoms with Gasteiger partial charge in [-0.15, -0.1) is 5.10 Å². The molecule has 4 nitrogen and oxygen atoms in total. The zero-order valence-corrected chi connectivity index (χ0v) is 10.9. The van der Waals surface area contributed by atoms with Gasteiger partial charge in [-0.3, -0.25) is 0 Å². The summed E-state index contributed by atoms with van der Waals surface area (Å²) in [5, 5.41) is 7.39. The maximum absolute atomic E-state index is 12.9. The summed E-state index contributed by atoms with van der Waals surface area (Å²) in [5.41, 5.74) is 6.16. The molecule has 2 N–H and O–H groups in total. The molecule has 0 aliphatic heterocycles. The highest BCUT2D eigenvalue weighted by molar-refractivity contribution is 9.10. The standard InChI is InChI=1S/C11H11BrF2N4/c12-8-3-1-7(2-4-8)6-18-10(11(13)14)9(5-15)16-17-18/h1-4,11H,5-6,15H2. The predicted octanol–water partition coefficient (Wildman–Crippen LogP) is 2.49. The summed E-state index contributed by atoms with van der Waals surface area (Å²) < 4.78 is 27.9. The number of benzene rings is 1. The first-order chi connectivity index (χ1) is 8.61. The molecule has 0 bridgehead atoms. The summed E-state index contributed by atoms with van der Waals surface area (Å²) in [6.45, 7) is 0.208. The molecule has 7 heteroatoms. The Morgan fingerprint density at radius 3 is 2.50 bits per heavy atom. The lowest BCUT2D eigenvalue weighted by Crippen LogP contribution is -2.09. The molecular formula is C11H11BrF2N4. The van der Waals surface area contributed by atoms with Crippen LogP contribution in [0.25, 0.3) is 0 Å². The number of halogens is 3. The first-order valence-electron chi connectivity index (χ1n) is 5.26. The van der Waals surface area contributed by atoms with Crippen molar-refractivity contribution in [2.45, 2.75) is 19.5 Å². The third-order valence-electron chi connectivity index (χ3n) is 2.49. The summed E-state index contributed by atoms with van der Waals surface area (Å²) in [5.74, 6) is 0. The number of rotatable bonds is 4. The zero-order valence-electron chi connectivity index (χ0n) is 9.35. The van der Waals surface area contributed by atoms with Crippen molar-refractivity contribution >= 4 is 15.9 Å². The van der Waals surface area contributed by atoms with Gasteiger partial charge >= 0.3 is 0 Å². The van der Waals surface area contributed by atoms with Crippen molar-refractivity contribution in [1.82, 2.24) is 15.0 Å². The first kappa shape index (κ1) is 13.1. The summed E-state index contributed by atoms with van der Waals surface area (Å²) >= 11 is 3.31. The SMILES string of the molecule is NCc1nnn(Cc2ccc(Br)cc2)c1C(F)F. The third kappa shape index (κ3) is 2.73. The second-order valence-corrected chi connectivity index (χ2v) is 4.63. The Morgan fingerprint density at radius 2 is 1.94 bits per heavy atom. The van der Waals surface area contributed by atoms with Gasteiger partial charge in [-0.1, -0.05) is 33.3 Å². The molecule has 1 aromatic carbocycles. The highest BCUT2D eigenvalue weighted by atomic mass is 79.9. The average molecular weight is 317 g/mol. The van der Waals surface area contributed by atoms with Crippen LogP contribution in [-0.4, -0.2) is 15.0 Å². The smallest absolute Gasteiger partial charge is 0.281 e. The molecule has 2 aromatic rings. The normalized spacial score (nSPS) is 11.2. The van der Waals surface area contributed by atoms with E-state index in [1.807, 2.05) is 24.3 Å². The van der Waals surface area contributed by atoms with E-state index in [2.05, 4.69) is 26.2 Å². The second-order valence-electron chi connectivity index (χ2n) is 3.71. The lowest BCUT2D eigenvalue weighted by atomic mass is 10.2. The lowest BCUT2D eigenvalue weighted by molar-refractivity contribution is 0.138. The molecule has 0 atom stereocenters. The van der Waals surface area contributed by atoms with Gasteiger partial charge in [0.05, 0.1) is 6.54 Å². The molecule has 0 saturated heterocycles. The topological polar surface area (TPSA) is 56.7 Å². The molecule has 0 radical (unpaired) electrons. The van der Waals surface area contributed by atoms with E-state index >= 15 is 0 Å². The fourth-order valence-corrected chi connectivity index (χ4v) is 1.88. The van der Waals surface area contributed by atoms with Crippen molar-refractivity contribution in [3.05, 3.63) is 45.7 Å². The van der Waals surface area contributed by atoms with Gasteiger partial charge in [-0.25, -0.2) is 13.5 Å². The van der Waals surface area contributed by atoms with Crippen LogP contribution in [0.3, 0.4) is 0 Å². The minimum atomic E-state index is -2.63. The Bertz CT molecular complexity index is 524. The van der Waals surface area contributed by atoms with Crippen LogP contribution >= 0.6 is 15.9 Å². The van der Waals surface area contributed by atoms with Crippen LogP contribution in [0.4, 0.5) is 8.78 Å². The lowest BCUT2D eigenvalue weighted by Gasteiger charge is -2.06. The molecule has 0 amide bonds. The average Bonchev–Trinajstić information content (AvgIpc) is 2.75. The Kier molecular flexibility index (Phi) is 4.03. The van der Waals surface area contributed by atoms with Gasteiger partial charge in [0.1, 0.15) is 11.4 Å². The van der Waals surface area contributed by atoms with E-state index in [1.54, 1.807) is 0 Å². The van der Waals surface area contributed by atoms with Crippen LogP contribution in [0, 0.1) is 0 Å². The maximum Gasteiger partial charge on any atom is 0.281 e. The minimum Gasteiger partial charge on any atom is -0.325 e. The highest BCUT2D eigenvalue weighted by Crippen LogP contribution is 2.22. The van der Waals surface area contributed by atoms with E-state index in [0.29, 0.717) is 0 Å². The Hall–Kier alpha value is -1.34. The van der Waals surface area contributed by atoms with Gasteiger partial charge in [0, 0.05) is 11.0 Å². The van der Waals surface area contributed by atoms with Crippen LogP contribution in [0.5, 0.6) is 0 Å². The molecule has 2 rings (SSSR count). The van der Waals surface area contributed by atoms with Crippen LogP contribution < -0.4 is 5.73 Å². The van der Waals surface area contributed by atoms with Gasteiger partial charge in [-0.05, 0) is 17.7 Å². The van der Waals surface area contributed by atoms with Crippen molar-refractivity contribution in [1.29, 1.82) is 0 Å². The Labute approximate surface area is 111 Å². The quantitative estimate of drug-likeness (QED) is 0.942. The van der Waals surface area contributed by atoms with Crippen molar-refractivity contribution in [3.63, 3.8) is 0 Å². The molecule has 96 valence electrons. The fourth-order valence-electron chi connectivity index (χ4n) is 1.62. The largest absolute Gasteiger partial charge is 0.325 e. The number of nitrogens with two attached hydrogens (primary N) is 1. The third-order valence-corrected chi connectivity index (χ3v) is 3.02. The van der Waals surface area contributed by atoms with Crippen LogP contribution in [0.1, 0.15) is 23.4 Å². The number of hydrogen-bond donors (Lipinski definition) is 1. The summed E-state index contributed by atoms with van der Waals surface area (Å²) in [7, 11) is 0. The second kappa shape index (κ2) is 5.53. The Morgan fingerprint density at radius 1 is 1.28 bits per heavy atom. The van der Waals surface area contributed by atoms with Gasteiger partial charge in [0.15, 0.2) is 0 Å². The van der Waals surface area contributed by atoms with E-state index in [4.69, 9.17) is 5.73 Å². The summed E-state index contributed by atoms with van der Waals surface area (Å²) in [6, 6.07) is 7.36. The summed E-state index contributed by atoms with van der Waals surface area (Å²) in [4.78, 5) is 0. The molecule has 1 heterocycles. The number of aromatic nitrogens is 3. The molecule has 1 aromatic heterocycles.